The van der Waals surface area contributed by atoms with Gasteiger partial charge in [0.2, 0.25) is 0 Å². The largest absolute Gasteiger partial charge is 0.350 e. The smallest absolute Gasteiger partial charge is 0.251 e. The molecule has 2 aromatic carbocycles. The summed E-state index contributed by atoms with van der Waals surface area (Å²) in [5.74, 6) is -0.0216. The third-order valence-corrected chi connectivity index (χ3v) is 6.74. The molecule has 0 aromatic heterocycles. The zero-order chi connectivity index (χ0) is 21.7. The van der Waals surface area contributed by atoms with Gasteiger partial charge in [0.25, 0.3) is 5.91 Å². The Bertz CT molecular complexity index is 946. The number of carbonyl (C=O) groups is 1. The minimum atomic E-state index is -0.0216. The third kappa shape index (κ3) is 5.21. The van der Waals surface area contributed by atoms with Gasteiger partial charge in [-0.2, -0.15) is 0 Å². The maximum atomic E-state index is 13.0. The van der Waals surface area contributed by atoms with E-state index in [2.05, 4.69) is 46.1 Å². The van der Waals surface area contributed by atoms with Crippen LogP contribution in [0.3, 0.4) is 0 Å². The molecule has 1 atom stereocenters. The van der Waals surface area contributed by atoms with Crippen molar-refractivity contribution in [3.05, 3.63) is 81.8 Å². The van der Waals surface area contributed by atoms with Crippen LogP contribution in [0.1, 0.15) is 39.5 Å². The van der Waals surface area contributed by atoms with Crippen LogP contribution in [-0.2, 0) is 13.0 Å². The summed E-state index contributed by atoms with van der Waals surface area (Å²) < 4.78 is 0. The van der Waals surface area contributed by atoms with Crippen LogP contribution < -0.4 is 5.32 Å². The first kappa shape index (κ1) is 22.3. The molecule has 0 saturated heterocycles. The van der Waals surface area contributed by atoms with Crippen molar-refractivity contribution in [2.24, 2.45) is 4.99 Å². The van der Waals surface area contributed by atoms with Crippen LogP contribution in [0.4, 0.5) is 0 Å². The number of aliphatic imine (C=N–C) groups is 1. The van der Waals surface area contributed by atoms with Gasteiger partial charge < -0.3 is 5.32 Å². The lowest BCUT2D eigenvalue weighted by atomic mass is 9.98. The highest BCUT2D eigenvalue weighted by atomic mass is 32.2. The average Bonchev–Trinajstić information content (AvgIpc) is 2.73. The summed E-state index contributed by atoms with van der Waals surface area (Å²) >= 11 is 1.60. The molecule has 0 fully saturated rings. The summed E-state index contributed by atoms with van der Waals surface area (Å²) in [7, 11) is 1.80. The molecular formula is C25H31N3OS. The molecule has 5 heteroatoms. The topological polar surface area (TPSA) is 44.7 Å². The molecule has 1 aliphatic heterocycles. The normalized spacial score (nSPS) is 15.4. The number of thioether (sulfide) groups is 1. The molecule has 2 aromatic rings. The van der Waals surface area contributed by atoms with Gasteiger partial charge in [-0.3, -0.25) is 14.7 Å². The zero-order valence-electron chi connectivity index (χ0n) is 18.4. The molecule has 0 saturated carbocycles. The van der Waals surface area contributed by atoms with Crippen LogP contribution >= 0.6 is 11.8 Å². The van der Waals surface area contributed by atoms with Crippen LogP contribution in [0.2, 0.25) is 0 Å². The van der Waals surface area contributed by atoms with Crippen molar-refractivity contribution in [2.75, 3.05) is 20.1 Å². The van der Waals surface area contributed by atoms with Gasteiger partial charge in [-0.05, 0) is 49.4 Å². The minimum absolute atomic E-state index is 0.0216. The van der Waals surface area contributed by atoms with E-state index in [0.717, 1.165) is 46.1 Å². The predicted molar refractivity (Wildman–Crippen MR) is 128 cm³/mol. The van der Waals surface area contributed by atoms with E-state index in [1.807, 2.05) is 39.0 Å². The standard InChI is InChI=1S/C25H31N3OS/c1-17-9-8-10-18(2)24(17)25(29)27-15-23(19(3)30-20(4)26-5)28-14-13-21-11-6-7-12-22(21)16-28/h6-12,23H,3,13-16H2,1-2,4-5H3,(H,27,29). The Hall–Kier alpha value is -2.37. The van der Waals surface area contributed by atoms with E-state index in [4.69, 9.17) is 0 Å². The van der Waals surface area contributed by atoms with E-state index in [-0.39, 0.29) is 11.9 Å². The molecule has 1 unspecified atom stereocenters. The van der Waals surface area contributed by atoms with Crippen molar-refractivity contribution in [3.8, 4) is 0 Å². The third-order valence-electron chi connectivity index (χ3n) is 5.73. The second-order valence-corrected chi connectivity index (χ2v) is 9.11. The molecule has 1 amide bonds. The molecule has 4 nitrogen and oxygen atoms in total. The Labute approximate surface area is 184 Å². The molecule has 1 aliphatic rings. The number of nitrogens with one attached hydrogen (secondary N) is 1. The highest BCUT2D eigenvalue weighted by Crippen LogP contribution is 2.28. The van der Waals surface area contributed by atoms with Gasteiger partial charge in [0.15, 0.2) is 0 Å². The second-order valence-electron chi connectivity index (χ2n) is 7.79. The fraction of sp³-hybridized carbons (Fsp3) is 0.360. The first-order valence-corrected chi connectivity index (χ1v) is 11.2. The lowest BCUT2D eigenvalue weighted by molar-refractivity contribution is 0.0936. The maximum absolute atomic E-state index is 13.0. The number of benzene rings is 2. The molecule has 158 valence electrons. The maximum Gasteiger partial charge on any atom is 0.251 e. The highest BCUT2D eigenvalue weighted by molar-refractivity contribution is 8.17. The van der Waals surface area contributed by atoms with Gasteiger partial charge >= 0.3 is 0 Å². The minimum Gasteiger partial charge on any atom is -0.350 e. The van der Waals surface area contributed by atoms with Crippen molar-refractivity contribution in [2.45, 2.75) is 39.8 Å². The lowest BCUT2D eigenvalue weighted by Gasteiger charge is -2.36. The number of hydrogen-bond acceptors (Lipinski definition) is 4. The van der Waals surface area contributed by atoms with Crippen LogP contribution in [0.5, 0.6) is 0 Å². The average molecular weight is 422 g/mol. The van der Waals surface area contributed by atoms with Crippen LogP contribution in [-0.4, -0.2) is 42.0 Å². The number of carbonyl (C=O) groups excluding carboxylic acids is 1. The number of amides is 1. The molecule has 0 bridgehead atoms. The number of hydrogen-bond donors (Lipinski definition) is 1. The molecule has 1 heterocycles. The van der Waals surface area contributed by atoms with Crippen molar-refractivity contribution >= 4 is 22.7 Å². The highest BCUT2D eigenvalue weighted by Gasteiger charge is 2.27. The second kappa shape index (κ2) is 10.1. The van der Waals surface area contributed by atoms with Gasteiger partial charge in [-0.25, -0.2) is 0 Å². The van der Waals surface area contributed by atoms with Gasteiger partial charge in [0.1, 0.15) is 0 Å². The first-order chi connectivity index (χ1) is 14.4. The molecule has 0 aliphatic carbocycles. The van der Waals surface area contributed by atoms with Crippen molar-refractivity contribution in [1.82, 2.24) is 10.2 Å². The lowest BCUT2D eigenvalue weighted by Crippen LogP contribution is -2.46. The number of aryl methyl sites for hydroxylation is 2. The van der Waals surface area contributed by atoms with Crippen LogP contribution in [0.25, 0.3) is 0 Å². The molecule has 0 radical (unpaired) electrons. The van der Waals surface area contributed by atoms with E-state index < -0.39 is 0 Å². The van der Waals surface area contributed by atoms with E-state index >= 15 is 0 Å². The Morgan fingerprint density at radius 3 is 2.50 bits per heavy atom. The molecule has 1 N–H and O–H groups in total. The monoisotopic (exact) mass is 421 g/mol. The Morgan fingerprint density at radius 2 is 1.83 bits per heavy atom. The summed E-state index contributed by atoms with van der Waals surface area (Å²) in [4.78, 5) is 20.7. The van der Waals surface area contributed by atoms with Crippen molar-refractivity contribution in [3.63, 3.8) is 0 Å². The SMILES string of the molecule is C=C(SC(C)=NC)C(CNC(=O)c1c(C)cccc1C)N1CCc2ccccc2C1. The van der Waals surface area contributed by atoms with Gasteiger partial charge in [0, 0.05) is 37.2 Å². The predicted octanol–water partition coefficient (Wildman–Crippen LogP) is 4.76. The van der Waals surface area contributed by atoms with E-state index in [0.29, 0.717) is 6.54 Å². The van der Waals surface area contributed by atoms with Gasteiger partial charge in [-0.15, -0.1) is 0 Å². The Morgan fingerprint density at radius 1 is 1.17 bits per heavy atom. The van der Waals surface area contributed by atoms with Crippen molar-refractivity contribution in [1.29, 1.82) is 0 Å². The summed E-state index contributed by atoms with van der Waals surface area (Å²) in [6.45, 7) is 12.6. The fourth-order valence-electron chi connectivity index (χ4n) is 3.98. The van der Waals surface area contributed by atoms with Crippen molar-refractivity contribution < 1.29 is 4.79 Å². The van der Waals surface area contributed by atoms with E-state index in [9.17, 15) is 4.79 Å². The fourth-order valence-corrected chi connectivity index (χ4v) is 4.82. The van der Waals surface area contributed by atoms with E-state index in [1.165, 1.54) is 11.1 Å². The zero-order valence-corrected chi connectivity index (χ0v) is 19.2. The molecule has 0 spiro atoms. The molecule has 30 heavy (non-hydrogen) atoms. The number of fused-ring (bicyclic) bond motifs is 1. The molecular weight excluding hydrogens is 390 g/mol. The summed E-state index contributed by atoms with van der Waals surface area (Å²) in [5.41, 5.74) is 5.53. The van der Waals surface area contributed by atoms with Crippen LogP contribution in [0, 0.1) is 13.8 Å². The summed E-state index contributed by atoms with van der Waals surface area (Å²) in [6.07, 6.45) is 1.01. The van der Waals surface area contributed by atoms with Gasteiger partial charge in [0.05, 0.1) is 11.1 Å². The van der Waals surface area contributed by atoms with Crippen LogP contribution in [0.15, 0.2) is 58.9 Å². The Kier molecular flexibility index (Phi) is 7.51. The van der Waals surface area contributed by atoms with Gasteiger partial charge in [-0.1, -0.05) is 60.8 Å². The number of rotatable bonds is 6. The summed E-state index contributed by atoms with van der Waals surface area (Å²) in [5, 5.41) is 4.15. The number of nitrogens with zero attached hydrogens (tertiary/aromatic N) is 2. The quantitative estimate of drug-likeness (QED) is 0.540. The molecule has 3 rings (SSSR count). The van der Waals surface area contributed by atoms with E-state index in [1.54, 1.807) is 18.8 Å². The Balaban J connectivity index is 1.78. The first-order valence-electron chi connectivity index (χ1n) is 10.4. The summed E-state index contributed by atoms with van der Waals surface area (Å²) in [6, 6.07) is 14.6.